The molecule has 1 rings (SSSR count). The number of ether oxygens (including phenoxy) is 1. The van der Waals surface area contributed by atoms with E-state index >= 15 is 0 Å². The number of alkyl halides is 1. The molecule has 0 amide bonds. The Morgan fingerprint density at radius 1 is 1.62 bits per heavy atom. The summed E-state index contributed by atoms with van der Waals surface area (Å²) < 4.78 is 16.7. The number of carbonyl (C=O) groups is 1. The minimum absolute atomic E-state index is 0.140. The molecule has 0 aliphatic carbocycles. The fourth-order valence-corrected chi connectivity index (χ4v) is 0.941. The lowest BCUT2D eigenvalue weighted by atomic mass is 10.1. The zero-order chi connectivity index (χ0) is 9.84. The van der Waals surface area contributed by atoms with Crippen LogP contribution in [0.1, 0.15) is 10.4 Å². The third-order valence-corrected chi connectivity index (χ3v) is 1.62. The van der Waals surface area contributed by atoms with Crippen LogP contribution in [0, 0.1) is 0 Å². The van der Waals surface area contributed by atoms with Gasteiger partial charge in [-0.2, -0.15) is 0 Å². The summed E-state index contributed by atoms with van der Waals surface area (Å²) in [7, 11) is 1.39. The number of hydrogen-bond acceptors (Lipinski definition) is 3. The maximum absolute atomic E-state index is 11.9. The lowest BCUT2D eigenvalue weighted by Gasteiger charge is -2.03. The average molecular weight is 184 g/mol. The van der Waals surface area contributed by atoms with Crippen LogP contribution in [0.15, 0.2) is 18.2 Å². The minimum atomic E-state index is -1.06. The molecule has 1 aromatic carbocycles. The Balaban J connectivity index is 3.02. The topological polar surface area (TPSA) is 46.5 Å². The molecular formula is C9H9FO3. The third-order valence-electron chi connectivity index (χ3n) is 1.62. The summed E-state index contributed by atoms with van der Waals surface area (Å²) in [5.74, 6) is -0.560. The summed E-state index contributed by atoms with van der Waals surface area (Å²) >= 11 is 0. The van der Waals surface area contributed by atoms with Gasteiger partial charge in [-0.1, -0.05) is 0 Å². The SMILES string of the molecule is COc1ccc(C(=O)CF)cc1O. The Hall–Kier alpha value is -1.58. The first-order valence-electron chi connectivity index (χ1n) is 3.65. The second-order valence-corrected chi connectivity index (χ2v) is 2.44. The lowest BCUT2D eigenvalue weighted by molar-refractivity contribution is 0.0958. The number of ketones is 1. The fourth-order valence-electron chi connectivity index (χ4n) is 0.941. The van der Waals surface area contributed by atoms with Crippen molar-refractivity contribution in [2.75, 3.05) is 13.8 Å². The molecule has 0 unspecified atom stereocenters. The summed E-state index contributed by atoms with van der Waals surface area (Å²) in [6.45, 7) is -1.06. The highest BCUT2D eigenvalue weighted by atomic mass is 19.1. The van der Waals surface area contributed by atoms with Crippen LogP contribution in [-0.4, -0.2) is 24.7 Å². The molecule has 0 aliphatic rings. The van der Waals surface area contributed by atoms with Crippen LogP contribution in [0.2, 0.25) is 0 Å². The number of methoxy groups -OCH3 is 1. The minimum Gasteiger partial charge on any atom is -0.504 e. The largest absolute Gasteiger partial charge is 0.504 e. The fraction of sp³-hybridized carbons (Fsp3) is 0.222. The monoisotopic (exact) mass is 184 g/mol. The lowest BCUT2D eigenvalue weighted by Crippen LogP contribution is -2.00. The molecule has 4 heteroatoms. The van der Waals surface area contributed by atoms with E-state index in [1.807, 2.05) is 0 Å². The predicted molar refractivity (Wildman–Crippen MR) is 45.0 cm³/mol. The quantitative estimate of drug-likeness (QED) is 0.725. The number of benzene rings is 1. The van der Waals surface area contributed by atoms with Crippen molar-refractivity contribution in [3.63, 3.8) is 0 Å². The number of phenols is 1. The Morgan fingerprint density at radius 2 is 2.31 bits per heavy atom. The first kappa shape index (κ1) is 9.51. The summed E-state index contributed by atoms with van der Waals surface area (Å²) in [5.41, 5.74) is 0.140. The molecule has 1 N–H and O–H groups in total. The smallest absolute Gasteiger partial charge is 0.193 e. The average Bonchev–Trinajstić information content (AvgIpc) is 2.16. The van der Waals surface area contributed by atoms with Crippen LogP contribution in [0.4, 0.5) is 4.39 Å². The van der Waals surface area contributed by atoms with Gasteiger partial charge < -0.3 is 9.84 Å². The van der Waals surface area contributed by atoms with Crippen molar-refractivity contribution in [2.45, 2.75) is 0 Å². The molecule has 0 heterocycles. The highest BCUT2D eigenvalue weighted by Crippen LogP contribution is 2.26. The van der Waals surface area contributed by atoms with Gasteiger partial charge >= 0.3 is 0 Å². The van der Waals surface area contributed by atoms with E-state index in [1.165, 1.54) is 25.3 Å². The van der Waals surface area contributed by atoms with Gasteiger partial charge in [0.2, 0.25) is 0 Å². The summed E-state index contributed by atoms with van der Waals surface area (Å²) in [6, 6.07) is 4.00. The molecule has 0 saturated heterocycles. The van der Waals surface area contributed by atoms with Crippen molar-refractivity contribution in [1.29, 1.82) is 0 Å². The number of rotatable bonds is 3. The van der Waals surface area contributed by atoms with Crippen LogP contribution < -0.4 is 4.74 Å². The van der Waals surface area contributed by atoms with E-state index in [9.17, 15) is 14.3 Å². The van der Waals surface area contributed by atoms with E-state index in [0.717, 1.165) is 0 Å². The zero-order valence-electron chi connectivity index (χ0n) is 7.08. The summed E-state index contributed by atoms with van der Waals surface area (Å²) in [4.78, 5) is 10.8. The molecule has 0 bridgehead atoms. The Morgan fingerprint density at radius 3 is 2.77 bits per heavy atom. The maximum atomic E-state index is 11.9. The molecule has 70 valence electrons. The molecule has 0 aromatic heterocycles. The number of phenolic OH excluding ortho intramolecular Hbond substituents is 1. The van der Waals surface area contributed by atoms with E-state index in [4.69, 9.17) is 4.74 Å². The normalized spacial score (nSPS) is 9.69. The van der Waals surface area contributed by atoms with E-state index < -0.39 is 12.5 Å². The van der Waals surface area contributed by atoms with E-state index in [1.54, 1.807) is 0 Å². The zero-order valence-corrected chi connectivity index (χ0v) is 7.08. The van der Waals surface area contributed by atoms with Gasteiger partial charge in [-0.3, -0.25) is 4.79 Å². The molecule has 0 aliphatic heterocycles. The highest BCUT2D eigenvalue weighted by molar-refractivity contribution is 5.97. The van der Waals surface area contributed by atoms with Gasteiger partial charge in [0.05, 0.1) is 7.11 Å². The Labute approximate surface area is 74.8 Å². The van der Waals surface area contributed by atoms with Crippen molar-refractivity contribution in [3.05, 3.63) is 23.8 Å². The van der Waals surface area contributed by atoms with Crippen molar-refractivity contribution in [2.24, 2.45) is 0 Å². The maximum Gasteiger partial charge on any atom is 0.193 e. The summed E-state index contributed by atoms with van der Waals surface area (Å²) in [5, 5.41) is 9.24. The van der Waals surface area contributed by atoms with Crippen molar-refractivity contribution < 1.29 is 19.0 Å². The molecule has 0 radical (unpaired) electrons. The summed E-state index contributed by atoms with van der Waals surface area (Å²) in [6.07, 6.45) is 0. The number of aromatic hydroxyl groups is 1. The molecule has 13 heavy (non-hydrogen) atoms. The van der Waals surface area contributed by atoms with E-state index in [2.05, 4.69) is 0 Å². The third kappa shape index (κ3) is 1.96. The van der Waals surface area contributed by atoms with Crippen molar-refractivity contribution in [3.8, 4) is 11.5 Å². The number of halogens is 1. The van der Waals surface area contributed by atoms with Crippen LogP contribution >= 0.6 is 0 Å². The first-order chi connectivity index (χ1) is 6.19. The van der Waals surface area contributed by atoms with E-state index in [0.29, 0.717) is 0 Å². The number of hydrogen-bond donors (Lipinski definition) is 1. The van der Waals surface area contributed by atoms with Crippen molar-refractivity contribution >= 4 is 5.78 Å². The molecule has 0 saturated carbocycles. The van der Waals surface area contributed by atoms with Crippen LogP contribution in [0.5, 0.6) is 11.5 Å². The van der Waals surface area contributed by atoms with Gasteiger partial charge in [0.15, 0.2) is 24.0 Å². The van der Waals surface area contributed by atoms with Crippen LogP contribution in [-0.2, 0) is 0 Å². The van der Waals surface area contributed by atoms with E-state index in [-0.39, 0.29) is 17.1 Å². The second kappa shape index (κ2) is 3.89. The van der Waals surface area contributed by atoms with Gasteiger partial charge in [-0.15, -0.1) is 0 Å². The molecule has 0 fully saturated rings. The van der Waals surface area contributed by atoms with Crippen LogP contribution in [0.3, 0.4) is 0 Å². The van der Waals surface area contributed by atoms with Gasteiger partial charge in [0.1, 0.15) is 0 Å². The Kier molecular flexibility index (Phi) is 2.84. The molecule has 0 atom stereocenters. The Bertz CT molecular complexity index is 323. The number of carbonyl (C=O) groups excluding carboxylic acids is 1. The molecular weight excluding hydrogens is 175 g/mol. The number of Topliss-reactive ketones (excluding diaryl/α,β-unsaturated/α-hetero) is 1. The van der Waals surface area contributed by atoms with Crippen LogP contribution in [0.25, 0.3) is 0 Å². The molecule has 0 spiro atoms. The van der Waals surface area contributed by atoms with Gasteiger partial charge in [-0.25, -0.2) is 4.39 Å². The van der Waals surface area contributed by atoms with Gasteiger partial charge in [0, 0.05) is 5.56 Å². The van der Waals surface area contributed by atoms with Crippen molar-refractivity contribution in [1.82, 2.24) is 0 Å². The molecule has 1 aromatic rings. The second-order valence-electron chi connectivity index (χ2n) is 2.44. The standard InChI is InChI=1S/C9H9FO3/c1-13-9-3-2-6(4-7(9)11)8(12)5-10/h2-4,11H,5H2,1H3. The first-order valence-corrected chi connectivity index (χ1v) is 3.65. The van der Waals surface area contributed by atoms with Gasteiger partial charge in [-0.05, 0) is 18.2 Å². The van der Waals surface area contributed by atoms with Gasteiger partial charge in [0.25, 0.3) is 0 Å². The predicted octanol–water partition coefficient (Wildman–Crippen LogP) is 1.55. The molecule has 3 nitrogen and oxygen atoms in total. The highest BCUT2D eigenvalue weighted by Gasteiger charge is 2.08.